The molecule has 0 saturated heterocycles. The van der Waals surface area contributed by atoms with Gasteiger partial charge in [-0.15, -0.1) is 18.2 Å². The normalized spacial score (nSPS) is 11.1. The van der Waals surface area contributed by atoms with E-state index in [-0.39, 0.29) is 17.0 Å². The van der Waals surface area contributed by atoms with Crippen molar-refractivity contribution < 1.29 is 17.7 Å². The van der Waals surface area contributed by atoms with E-state index in [1.807, 2.05) is 0 Å². The molecule has 1 aromatic carbocycles. The van der Waals surface area contributed by atoms with Crippen molar-refractivity contribution in [3.63, 3.8) is 0 Å². The summed E-state index contributed by atoms with van der Waals surface area (Å²) in [4.78, 5) is 9.40. The SMILES string of the molecule is C#CCSCCNS(=O)(=O)c1cc([N+](=O)[O-])c(F)cc1C. The van der Waals surface area contributed by atoms with Crippen LogP contribution in [0.25, 0.3) is 0 Å². The van der Waals surface area contributed by atoms with Crippen LogP contribution in [0.5, 0.6) is 0 Å². The summed E-state index contributed by atoms with van der Waals surface area (Å²) in [7, 11) is -3.94. The maximum Gasteiger partial charge on any atom is 0.306 e. The minimum Gasteiger partial charge on any atom is -0.258 e. The molecule has 0 saturated carbocycles. The number of halogens is 1. The Balaban J connectivity index is 2.95. The second kappa shape index (κ2) is 7.40. The highest BCUT2D eigenvalue weighted by molar-refractivity contribution is 7.99. The highest BCUT2D eigenvalue weighted by Crippen LogP contribution is 2.25. The molecule has 0 aromatic heterocycles. The van der Waals surface area contributed by atoms with E-state index in [4.69, 9.17) is 6.42 Å². The zero-order chi connectivity index (χ0) is 16.0. The number of terminal acetylenes is 1. The molecule has 6 nitrogen and oxygen atoms in total. The lowest BCUT2D eigenvalue weighted by molar-refractivity contribution is -0.387. The molecule has 0 aliphatic rings. The number of sulfonamides is 1. The number of benzene rings is 1. The molecule has 9 heteroatoms. The van der Waals surface area contributed by atoms with Crippen molar-refractivity contribution >= 4 is 27.5 Å². The number of nitrogens with zero attached hydrogens (tertiary/aromatic N) is 1. The molecule has 0 radical (unpaired) electrons. The summed E-state index contributed by atoms with van der Waals surface area (Å²) in [5.74, 6) is 2.26. The lowest BCUT2D eigenvalue weighted by Gasteiger charge is -2.09. The van der Waals surface area contributed by atoms with E-state index in [0.29, 0.717) is 11.5 Å². The summed E-state index contributed by atoms with van der Waals surface area (Å²) < 4.78 is 39.8. The quantitative estimate of drug-likeness (QED) is 0.355. The largest absolute Gasteiger partial charge is 0.306 e. The van der Waals surface area contributed by atoms with Crippen LogP contribution in [-0.4, -0.2) is 31.4 Å². The van der Waals surface area contributed by atoms with Gasteiger partial charge in [0, 0.05) is 18.4 Å². The van der Waals surface area contributed by atoms with Crippen LogP contribution in [0.4, 0.5) is 10.1 Å². The predicted molar refractivity (Wildman–Crippen MR) is 79.1 cm³/mol. The molecule has 0 aliphatic heterocycles. The number of hydrogen-bond acceptors (Lipinski definition) is 5. The predicted octanol–water partition coefficient (Wildman–Crippen LogP) is 1.69. The third kappa shape index (κ3) is 4.70. The van der Waals surface area contributed by atoms with E-state index in [2.05, 4.69) is 10.6 Å². The number of nitro groups is 1. The molecule has 0 aliphatic carbocycles. The van der Waals surface area contributed by atoms with E-state index in [1.54, 1.807) is 0 Å². The molecule has 0 fully saturated rings. The average Bonchev–Trinajstić information content (AvgIpc) is 2.37. The number of thioether (sulfide) groups is 1. The molecule has 0 unspecified atom stereocenters. The van der Waals surface area contributed by atoms with E-state index >= 15 is 0 Å². The standard InChI is InChI=1S/C12H13FN2O4S2/c1-3-5-20-6-4-14-21(18,19)12-8-11(15(16)17)10(13)7-9(12)2/h1,7-8,14H,4-6H2,2H3. The van der Waals surface area contributed by atoms with Crippen molar-refractivity contribution in [2.45, 2.75) is 11.8 Å². The van der Waals surface area contributed by atoms with Crippen molar-refractivity contribution in [1.82, 2.24) is 4.72 Å². The van der Waals surface area contributed by atoms with Gasteiger partial charge < -0.3 is 0 Å². The minimum atomic E-state index is -3.94. The molecule has 0 spiro atoms. The van der Waals surface area contributed by atoms with Crippen LogP contribution >= 0.6 is 11.8 Å². The molecular weight excluding hydrogens is 319 g/mol. The Bertz CT molecular complexity index is 683. The Morgan fingerprint density at radius 1 is 1.52 bits per heavy atom. The number of nitro benzene ring substituents is 1. The highest BCUT2D eigenvalue weighted by atomic mass is 32.2. The molecule has 0 amide bonds. The third-order valence-corrected chi connectivity index (χ3v) is 4.92. The molecular formula is C12H13FN2O4S2. The molecule has 0 atom stereocenters. The van der Waals surface area contributed by atoms with Crippen LogP contribution in [0.2, 0.25) is 0 Å². The van der Waals surface area contributed by atoms with Gasteiger partial charge in [0.15, 0.2) is 0 Å². The summed E-state index contributed by atoms with van der Waals surface area (Å²) in [5, 5.41) is 10.7. The van der Waals surface area contributed by atoms with Gasteiger partial charge in [0.2, 0.25) is 15.8 Å². The Hall–Kier alpha value is -1.63. The first kappa shape index (κ1) is 17.4. The van der Waals surface area contributed by atoms with Crippen molar-refractivity contribution in [2.75, 3.05) is 18.1 Å². The zero-order valence-electron chi connectivity index (χ0n) is 11.1. The first-order valence-corrected chi connectivity index (χ1v) is 8.39. The molecule has 1 aromatic rings. The van der Waals surface area contributed by atoms with Crippen LogP contribution in [0.15, 0.2) is 17.0 Å². The van der Waals surface area contributed by atoms with Gasteiger partial charge in [-0.1, -0.05) is 5.92 Å². The summed E-state index contributed by atoms with van der Waals surface area (Å²) in [6.45, 7) is 1.49. The van der Waals surface area contributed by atoms with E-state index < -0.39 is 26.5 Å². The van der Waals surface area contributed by atoms with Gasteiger partial charge in [0.25, 0.3) is 0 Å². The Kier molecular flexibility index (Phi) is 6.14. The van der Waals surface area contributed by atoms with Gasteiger partial charge in [-0.3, -0.25) is 10.1 Å². The lowest BCUT2D eigenvalue weighted by Crippen LogP contribution is -2.27. The Morgan fingerprint density at radius 2 is 2.19 bits per heavy atom. The summed E-state index contributed by atoms with van der Waals surface area (Å²) in [6.07, 6.45) is 5.06. The fourth-order valence-corrected chi connectivity index (χ4v) is 3.44. The van der Waals surface area contributed by atoms with Gasteiger partial charge >= 0.3 is 5.69 Å². The maximum absolute atomic E-state index is 13.4. The second-order valence-electron chi connectivity index (χ2n) is 3.98. The molecule has 114 valence electrons. The van der Waals surface area contributed by atoms with Gasteiger partial charge in [-0.2, -0.15) is 4.39 Å². The van der Waals surface area contributed by atoms with Crippen LogP contribution in [0, 0.1) is 35.2 Å². The van der Waals surface area contributed by atoms with Gasteiger partial charge in [-0.25, -0.2) is 13.1 Å². The first-order valence-electron chi connectivity index (χ1n) is 5.75. The van der Waals surface area contributed by atoms with Gasteiger partial charge in [0.05, 0.1) is 15.6 Å². The molecule has 21 heavy (non-hydrogen) atoms. The van der Waals surface area contributed by atoms with Gasteiger partial charge in [-0.05, 0) is 18.6 Å². The first-order chi connectivity index (χ1) is 9.79. The van der Waals surface area contributed by atoms with Gasteiger partial charge in [0.1, 0.15) is 0 Å². The fourth-order valence-electron chi connectivity index (χ4n) is 1.53. The molecule has 0 heterocycles. The minimum absolute atomic E-state index is 0.0990. The summed E-state index contributed by atoms with van der Waals surface area (Å²) >= 11 is 1.37. The molecule has 0 bridgehead atoms. The Morgan fingerprint density at radius 3 is 2.76 bits per heavy atom. The van der Waals surface area contributed by atoms with Crippen molar-refractivity contribution in [3.05, 3.63) is 33.6 Å². The molecule has 1 N–H and O–H groups in total. The average molecular weight is 332 g/mol. The second-order valence-corrected chi connectivity index (χ2v) is 6.82. The monoisotopic (exact) mass is 332 g/mol. The fraction of sp³-hybridized carbons (Fsp3) is 0.333. The van der Waals surface area contributed by atoms with Crippen molar-refractivity contribution in [2.24, 2.45) is 0 Å². The third-order valence-electron chi connectivity index (χ3n) is 2.45. The van der Waals surface area contributed by atoms with Crippen molar-refractivity contribution in [3.8, 4) is 12.3 Å². The maximum atomic E-state index is 13.4. The van der Waals surface area contributed by atoms with E-state index in [1.165, 1.54) is 18.7 Å². The van der Waals surface area contributed by atoms with E-state index in [0.717, 1.165) is 12.1 Å². The molecule has 1 rings (SSSR count). The van der Waals surface area contributed by atoms with Crippen LogP contribution in [0.1, 0.15) is 5.56 Å². The number of nitrogens with one attached hydrogen (secondary N) is 1. The lowest BCUT2D eigenvalue weighted by atomic mass is 10.2. The number of rotatable bonds is 7. The number of hydrogen-bond donors (Lipinski definition) is 1. The highest BCUT2D eigenvalue weighted by Gasteiger charge is 2.23. The van der Waals surface area contributed by atoms with Crippen LogP contribution < -0.4 is 4.72 Å². The zero-order valence-corrected chi connectivity index (χ0v) is 12.8. The summed E-state index contributed by atoms with van der Waals surface area (Å²) in [6, 6.07) is 1.56. The summed E-state index contributed by atoms with van der Waals surface area (Å²) in [5.41, 5.74) is -0.774. The van der Waals surface area contributed by atoms with Crippen LogP contribution in [0.3, 0.4) is 0 Å². The van der Waals surface area contributed by atoms with E-state index in [9.17, 15) is 22.9 Å². The smallest absolute Gasteiger partial charge is 0.258 e. The number of aryl methyl sites for hydroxylation is 1. The van der Waals surface area contributed by atoms with Crippen LogP contribution in [-0.2, 0) is 10.0 Å². The Labute approximate surface area is 126 Å². The topological polar surface area (TPSA) is 89.3 Å². The van der Waals surface area contributed by atoms with Crippen molar-refractivity contribution in [1.29, 1.82) is 0 Å².